The topological polar surface area (TPSA) is 106 Å². The van der Waals surface area contributed by atoms with E-state index >= 15 is 0 Å². The van der Waals surface area contributed by atoms with E-state index in [0.717, 1.165) is 0 Å². The highest BCUT2D eigenvalue weighted by atomic mass is 35.5. The van der Waals surface area contributed by atoms with Crippen LogP contribution in [0.1, 0.15) is 5.82 Å². The molecule has 0 saturated heterocycles. The molecule has 0 bridgehead atoms. The summed E-state index contributed by atoms with van der Waals surface area (Å²) in [6.45, 7) is 0.0421. The molecule has 0 atom stereocenters. The van der Waals surface area contributed by atoms with Crippen molar-refractivity contribution in [1.82, 2.24) is 19.5 Å². The van der Waals surface area contributed by atoms with Crippen LogP contribution in [0.15, 0.2) is 21.8 Å². The lowest BCUT2D eigenvalue weighted by molar-refractivity contribution is 0.414. The van der Waals surface area contributed by atoms with E-state index in [-0.39, 0.29) is 39.3 Å². The van der Waals surface area contributed by atoms with Gasteiger partial charge in [-0.05, 0) is 6.07 Å². The summed E-state index contributed by atoms with van der Waals surface area (Å²) in [5.41, 5.74) is -0.368. The van der Waals surface area contributed by atoms with Gasteiger partial charge in [-0.25, -0.2) is 23.0 Å². The third-order valence-electron chi connectivity index (χ3n) is 3.11. The van der Waals surface area contributed by atoms with Crippen LogP contribution in [0, 0.1) is 0 Å². The van der Waals surface area contributed by atoms with Crippen LogP contribution in [-0.4, -0.2) is 36.8 Å². The minimum atomic E-state index is -3.86. The van der Waals surface area contributed by atoms with E-state index in [1.54, 1.807) is 0 Å². The van der Waals surface area contributed by atoms with E-state index in [2.05, 4.69) is 14.9 Å². The average Bonchev–Trinajstić information content (AvgIpc) is 2.81. The Bertz CT molecular complexity index is 876. The molecule has 0 aliphatic heterocycles. The first-order valence-electron chi connectivity index (χ1n) is 6.39. The lowest BCUT2D eigenvalue weighted by Crippen LogP contribution is -2.27. The van der Waals surface area contributed by atoms with Crippen molar-refractivity contribution in [2.45, 2.75) is 11.3 Å². The number of sulfonamides is 1. The van der Waals surface area contributed by atoms with Crippen LogP contribution in [0.2, 0.25) is 10.0 Å². The molecular weight excluding hydrogens is 367 g/mol. The second kappa shape index (κ2) is 6.91. The first-order valence-corrected chi connectivity index (χ1v) is 8.63. The number of H-pyrrole nitrogens is 1. The van der Waals surface area contributed by atoms with Gasteiger partial charge in [-0.1, -0.05) is 23.2 Å². The molecule has 1 aromatic heterocycles. The van der Waals surface area contributed by atoms with Gasteiger partial charge in [-0.15, -0.1) is 0 Å². The van der Waals surface area contributed by atoms with Crippen molar-refractivity contribution in [3.8, 4) is 5.75 Å². The fourth-order valence-corrected chi connectivity index (χ4v) is 3.73. The van der Waals surface area contributed by atoms with Crippen LogP contribution in [0.3, 0.4) is 0 Å². The highest BCUT2D eigenvalue weighted by Gasteiger charge is 2.20. The van der Waals surface area contributed by atoms with Crippen molar-refractivity contribution in [3.05, 3.63) is 38.5 Å². The van der Waals surface area contributed by atoms with E-state index in [4.69, 9.17) is 27.9 Å². The molecule has 0 amide bonds. The smallest absolute Gasteiger partial charge is 0.343 e. The molecule has 0 unspecified atom stereocenters. The van der Waals surface area contributed by atoms with Crippen molar-refractivity contribution in [2.24, 2.45) is 7.05 Å². The standard InChI is InChI=1S/C12H14Cl2N4O4S/c1-18-11(16-17-12(18)19)3-4-15-23(20,21)10-6-7(13)9(22-2)5-8(10)14/h5-6,15H,3-4H2,1-2H3,(H,17,19). The molecule has 0 saturated carbocycles. The number of halogens is 2. The first-order chi connectivity index (χ1) is 10.8. The fraction of sp³-hybridized carbons (Fsp3) is 0.333. The van der Waals surface area contributed by atoms with Crippen LogP contribution in [-0.2, 0) is 23.5 Å². The number of nitrogens with zero attached hydrogens (tertiary/aromatic N) is 2. The summed E-state index contributed by atoms with van der Waals surface area (Å²) in [5, 5.41) is 6.19. The molecule has 0 aliphatic carbocycles. The second-order valence-electron chi connectivity index (χ2n) is 4.57. The summed E-state index contributed by atoms with van der Waals surface area (Å²) in [7, 11) is -0.924. The van der Waals surface area contributed by atoms with Gasteiger partial charge in [0.15, 0.2) is 0 Å². The molecule has 1 aromatic carbocycles. The van der Waals surface area contributed by atoms with Gasteiger partial charge in [0, 0.05) is 26.1 Å². The highest BCUT2D eigenvalue weighted by Crippen LogP contribution is 2.33. The number of hydrogen-bond donors (Lipinski definition) is 2. The molecule has 126 valence electrons. The van der Waals surface area contributed by atoms with Crippen molar-refractivity contribution in [3.63, 3.8) is 0 Å². The maximum Gasteiger partial charge on any atom is 0.343 e. The summed E-state index contributed by atoms with van der Waals surface area (Å²) in [6.07, 6.45) is 0.232. The molecule has 1 heterocycles. The lowest BCUT2D eigenvalue weighted by atomic mass is 10.3. The van der Waals surface area contributed by atoms with Crippen molar-refractivity contribution in [2.75, 3.05) is 13.7 Å². The number of methoxy groups -OCH3 is 1. The number of aromatic amines is 1. The van der Waals surface area contributed by atoms with E-state index in [0.29, 0.717) is 5.82 Å². The second-order valence-corrected chi connectivity index (χ2v) is 7.12. The zero-order valence-corrected chi connectivity index (χ0v) is 14.6. The van der Waals surface area contributed by atoms with Crippen LogP contribution in [0.5, 0.6) is 5.75 Å². The van der Waals surface area contributed by atoms with Gasteiger partial charge in [-0.2, -0.15) is 5.10 Å². The number of nitrogens with one attached hydrogen (secondary N) is 2. The van der Waals surface area contributed by atoms with E-state index in [9.17, 15) is 13.2 Å². The Kier molecular flexibility index (Phi) is 5.35. The molecule has 0 aliphatic rings. The number of ether oxygens (including phenoxy) is 1. The van der Waals surface area contributed by atoms with Gasteiger partial charge < -0.3 is 4.74 Å². The number of hydrogen-bond acceptors (Lipinski definition) is 5. The minimum Gasteiger partial charge on any atom is -0.495 e. The summed E-state index contributed by atoms with van der Waals surface area (Å²) >= 11 is 11.9. The molecule has 0 radical (unpaired) electrons. The van der Waals surface area contributed by atoms with Gasteiger partial charge >= 0.3 is 5.69 Å². The monoisotopic (exact) mass is 380 g/mol. The highest BCUT2D eigenvalue weighted by molar-refractivity contribution is 7.89. The van der Waals surface area contributed by atoms with Crippen molar-refractivity contribution < 1.29 is 13.2 Å². The van der Waals surface area contributed by atoms with E-state index < -0.39 is 10.0 Å². The zero-order valence-electron chi connectivity index (χ0n) is 12.3. The summed E-state index contributed by atoms with van der Waals surface area (Å²) in [5.74, 6) is 0.707. The maximum absolute atomic E-state index is 12.3. The Balaban J connectivity index is 2.15. The van der Waals surface area contributed by atoms with Crippen LogP contribution >= 0.6 is 23.2 Å². The van der Waals surface area contributed by atoms with E-state index in [1.807, 2.05) is 0 Å². The molecule has 11 heteroatoms. The SMILES string of the molecule is COc1cc(Cl)c(S(=O)(=O)NCCc2n[nH]c(=O)n2C)cc1Cl. The summed E-state index contributed by atoms with van der Waals surface area (Å²) < 4.78 is 33.2. The molecule has 0 fully saturated rings. The predicted molar refractivity (Wildman–Crippen MR) is 85.7 cm³/mol. The van der Waals surface area contributed by atoms with Gasteiger partial charge in [-0.3, -0.25) is 4.57 Å². The number of aromatic nitrogens is 3. The van der Waals surface area contributed by atoms with Gasteiger partial charge in [0.25, 0.3) is 0 Å². The fourth-order valence-electron chi connectivity index (χ4n) is 1.85. The van der Waals surface area contributed by atoms with Gasteiger partial charge in [0.2, 0.25) is 10.0 Å². The Morgan fingerprint density at radius 2 is 2.04 bits per heavy atom. The Morgan fingerprint density at radius 1 is 1.35 bits per heavy atom. The normalized spacial score (nSPS) is 11.7. The molecular formula is C12H14Cl2N4O4S. The lowest BCUT2D eigenvalue weighted by Gasteiger charge is -2.10. The van der Waals surface area contributed by atoms with Gasteiger partial charge in [0.05, 0.1) is 17.2 Å². The molecule has 2 aromatic rings. The minimum absolute atomic E-state index is 0.00841. The number of rotatable bonds is 6. The van der Waals surface area contributed by atoms with Crippen molar-refractivity contribution >= 4 is 33.2 Å². The Morgan fingerprint density at radius 3 is 2.61 bits per heavy atom. The number of benzene rings is 1. The third-order valence-corrected chi connectivity index (χ3v) is 5.33. The van der Waals surface area contributed by atoms with Crippen LogP contribution in [0.25, 0.3) is 0 Å². The summed E-state index contributed by atoms with van der Waals surface area (Å²) in [4.78, 5) is 11.1. The first kappa shape index (κ1) is 17.8. The largest absolute Gasteiger partial charge is 0.495 e. The zero-order chi connectivity index (χ0) is 17.2. The summed E-state index contributed by atoms with van der Waals surface area (Å²) in [6, 6.07) is 2.55. The third kappa shape index (κ3) is 3.86. The Labute approximate surface area is 142 Å². The van der Waals surface area contributed by atoms with Crippen LogP contribution in [0.4, 0.5) is 0 Å². The van der Waals surface area contributed by atoms with E-state index in [1.165, 1.54) is 30.9 Å². The van der Waals surface area contributed by atoms with Crippen LogP contribution < -0.4 is 15.1 Å². The molecule has 23 heavy (non-hydrogen) atoms. The Hall–Kier alpha value is -1.55. The maximum atomic E-state index is 12.3. The quantitative estimate of drug-likeness (QED) is 0.775. The predicted octanol–water partition coefficient (Wildman–Crippen LogP) is 0.945. The molecule has 0 spiro atoms. The average molecular weight is 381 g/mol. The van der Waals surface area contributed by atoms with Gasteiger partial charge in [0.1, 0.15) is 16.5 Å². The molecule has 2 rings (SSSR count). The molecule has 2 N–H and O–H groups in total. The molecule has 8 nitrogen and oxygen atoms in total. The van der Waals surface area contributed by atoms with Crippen molar-refractivity contribution in [1.29, 1.82) is 0 Å².